The van der Waals surface area contributed by atoms with Crippen LogP contribution in [-0.2, 0) is 21.4 Å². The Hall–Kier alpha value is -5.97. The molecule has 2 bridgehead atoms. The summed E-state index contributed by atoms with van der Waals surface area (Å²) in [6, 6.07) is 7.10. The Kier molecular flexibility index (Phi) is 10.8. The highest BCUT2D eigenvalue weighted by Gasteiger charge is 2.40. The van der Waals surface area contributed by atoms with Crippen molar-refractivity contribution in [2.45, 2.75) is 88.6 Å². The molecule has 1 saturated carbocycles. The summed E-state index contributed by atoms with van der Waals surface area (Å²) >= 11 is 0. The summed E-state index contributed by atoms with van der Waals surface area (Å²) in [5.41, 5.74) is 1.74. The fraction of sp³-hybridized carbons (Fsp3) is 0.523. The van der Waals surface area contributed by atoms with Crippen LogP contribution in [0.1, 0.15) is 92.0 Å². The van der Waals surface area contributed by atoms with Crippen LogP contribution in [0.2, 0.25) is 0 Å². The number of nitrogens with one attached hydrogen (secondary N) is 2. The number of aryl methyl sites for hydroxylation is 1. The van der Waals surface area contributed by atoms with Crippen LogP contribution in [0.25, 0.3) is 16.7 Å². The quantitative estimate of drug-likeness (QED) is 0.164. The number of nitrogens with zero attached hydrogens (tertiary/aromatic N) is 10. The van der Waals surface area contributed by atoms with E-state index < -0.39 is 30.0 Å². The minimum Gasteiger partial charge on any atom is -0.374 e. The first-order valence-corrected chi connectivity index (χ1v) is 21.9. The average Bonchev–Trinajstić information content (AvgIpc) is 4.12. The van der Waals surface area contributed by atoms with E-state index in [4.69, 9.17) is 9.72 Å². The van der Waals surface area contributed by atoms with Gasteiger partial charge in [0.05, 0.1) is 59.8 Å². The van der Waals surface area contributed by atoms with Crippen molar-refractivity contribution in [1.29, 1.82) is 0 Å². The highest BCUT2D eigenvalue weighted by molar-refractivity contribution is 6.08. The molecule has 1 unspecified atom stereocenters. The summed E-state index contributed by atoms with van der Waals surface area (Å²) in [5, 5.41) is 13.6. The molecule has 4 saturated heterocycles. The molecule has 17 nitrogen and oxygen atoms in total. The van der Waals surface area contributed by atoms with E-state index in [1.165, 1.54) is 19.8 Å². The zero-order chi connectivity index (χ0) is 43.5. The van der Waals surface area contributed by atoms with Crippen LogP contribution in [0.3, 0.4) is 0 Å². The fourth-order valence-electron chi connectivity index (χ4n) is 10.3. The number of benzene rings is 1. The number of piperidine rings is 1. The highest BCUT2D eigenvalue weighted by Crippen LogP contribution is 2.36. The first kappa shape index (κ1) is 41.1. The number of carbonyl (C=O) groups excluding carboxylic acids is 3. The molecule has 5 aliphatic rings. The van der Waals surface area contributed by atoms with Gasteiger partial charge in [-0.2, -0.15) is 10.2 Å². The van der Waals surface area contributed by atoms with Gasteiger partial charge in [0, 0.05) is 64.6 Å². The number of imidazole rings is 1. The normalized spacial score (nSPS) is 25.6. The molecule has 19 heteroatoms. The maximum atomic E-state index is 14.3. The van der Waals surface area contributed by atoms with Gasteiger partial charge >= 0.3 is 5.69 Å². The van der Waals surface area contributed by atoms with Crippen molar-refractivity contribution in [3.05, 3.63) is 70.2 Å². The van der Waals surface area contributed by atoms with Gasteiger partial charge in [-0.15, -0.1) is 0 Å². The smallest absolute Gasteiger partial charge is 0.329 e. The Morgan fingerprint density at radius 1 is 1.06 bits per heavy atom. The molecule has 5 aromatic rings. The molecule has 63 heavy (non-hydrogen) atoms. The third kappa shape index (κ3) is 7.78. The lowest BCUT2D eigenvalue weighted by Crippen LogP contribution is -2.52. The maximum Gasteiger partial charge on any atom is 0.329 e. The van der Waals surface area contributed by atoms with Gasteiger partial charge in [-0.25, -0.2) is 23.1 Å². The van der Waals surface area contributed by atoms with Gasteiger partial charge in [-0.3, -0.25) is 38.4 Å². The molecule has 10 rings (SSSR count). The number of rotatable bonds is 9. The number of morpholine rings is 1. The third-order valence-electron chi connectivity index (χ3n) is 13.7. The van der Waals surface area contributed by atoms with Gasteiger partial charge in [0.1, 0.15) is 17.4 Å². The largest absolute Gasteiger partial charge is 0.374 e. The fourth-order valence-corrected chi connectivity index (χ4v) is 10.3. The van der Waals surface area contributed by atoms with Gasteiger partial charge in [0.15, 0.2) is 11.3 Å². The molecule has 4 aliphatic heterocycles. The zero-order valence-electron chi connectivity index (χ0n) is 35.3. The molecular weight excluding hydrogens is 815 g/mol. The number of alkyl halides is 2. The Labute approximate surface area is 361 Å². The number of ether oxygens (including phenoxy) is 1. The second-order valence-electron chi connectivity index (χ2n) is 17.7. The monoisotopic (exact) mass is 864 g/mol. The lowest BCUT2D eigenvalue weighted by Gasteiger charge is -2.41. The second-order valence-corrected chi connectivity index (χ2v) is 17.7. The van der Waals surface area contributed by atoms with E-state index in [1.807, 2.05) is 24.3 Å². The van der Waals surface area contributed by atoms with Crippen LogP contribution >= 0.6 is 0 Å². The molecule has 0 spiro atoms. The van der Waals surface area contributed by atoms with Crippen LogP contribution in [0.4, 0.5) is 20.3 Å². The van der Waals surface area contributed by atoms with Crippen molar-refractivity contribution in [3.8, 4) is 11.8 Å². The summed E-state index contributed by atoms with van der Waals surface area (Å²) in [4.78, 5) is 63.1. The Morgan fingerprint density at radius 3 is 2.65 bits per heavy atom. The number of amides is 3. The number of anilines is 2. The van der Waals surface area contributed by atoms with Crippen LogP contribution in [-0.4, -0.2) is 125 Å². The molecule has 1 aromatic carbocycles. The molecule has 8 heterocycles. The molecule has 3 amide bonds. The maximum absolute atomic E-state index is 14.3. The first-order chi connectivity index (χ1) is 30.5. The number of hydrogen-bond acceptors (Lipinski definition) is 11. The number of aromatic nitrogens is 7. The molecule has 4 aromatic heterocycles. The average molecular weight is 865 g/mol. The van der Waals surface area contributed by atoms with E-state index >= 15 is 0 Å². The lowest BCUT2D eigenvalue weighted by molar-refractivity contribution is -0.135. The first-order valence-electron chi connectivity index (χ1n) is 21.9. The second kappa shape index (κ2) is 16.6. The number of fused-ring (bicyclic) bond motifs is 4. The van der Waals surface area contributed by atoms with Crippen LogP contribution in [0, 0.1) is 17.8 Å². The Bertz CT molecular complexity index is 2720. The number of imide groups is 1. The number of halogens is 2. The minimum atomic E-state index is -2.87. The van der Waals surface area contributed by atoms with Crippen molar-refractivity contribution in [3.63, 3.8) is 0 Å². The number of para-hydroxylation sites is 1. The Morgan fingerprint density at radius 2 is 1.90 bits per heavy atom. The van der Waals surface area contributed by atoms with Crippen molar-refractivity contribution < 1.29 is 27.9 Å². The van der Waals surface area contributed by atoms with Crippen molar-refractivity contribution >= 4 is 45.9 Å². The van der Waals surface area contributed by atoms with Crippen LogP contribution in [0.15, 0.2) is 47.7 Å². The predicted molar refractivity (Wildman–Crippen MR) is 228 cm³/mol. The third-order valence-corrected chi connectivity index (χ3v) is 13.7. The van der Waals surface area contributed by atoms with Crippen molar-refractivity contribution in [2.75, 3.05) is 56.1 Å². The van der Waals surface area contributed by atoms with E-state index in [-0.39, 0.29) is 59.9 Å². The van der Waals surface area contributed by atoms with Gasteiger partial charge in [0.25, 0.3) is 12.3 Å². The van der Waals surface area contributed by atoms with E-state index in [2.05, 4.69) is 54.3 Å². The summed E-state index contributed by atoms with van der Waals surface area (Å²) in [7, 11) is 1.68. The van der Waals surface area contributed by atoms with E-state index in [0.717, 1.165) is 70.6 Å². The molecule has 2 N–H and O–H groups in total. The highest BCUT2D eigenvalue weighted by atomic mass is 19.3. The molecule has 4 atom stereocenters. The van der Waals surface area contributed by atoms with Crippen LogP contribution < -0.4 is 21.2 Å². The molecule has 330 valence electrons. The van der Waals surface area contributed by atoms with Gasteiger partial charge in [0.2, 0.25) is 11.8 Å². The zero-order valence-corrected chi connectivity index (χ0v) is 35.3. The van der Waals surface area contributed by atoms with E-state index in [9.17, 15) is 28.0 Å². The minimum absolute atomic E-state index is 0.00952. The van der Waals surface area contributed by atoms with Gasteiger partial charge < -0.3 is 19.9 Å². The molecule has 5 fully saturated rings. The predicted octanol–water partition coefficient (Wildman–Crippen LogP) is 3.51. The molecule has 1 aliphatic carbocycles. The number of carbonyl (C=O) groups is 3. The summed E-state index contributed by atoms with van der Waals surface area (Å²) < 4.78 is 40.5. The van der Waals surface area contributed by atoms with Gasteiger partial charge in [-0.1, -0.05) is 17.9 Å². The van der Waals surface area contributed by atoms with Crippen molar-refractivity contribution in [2.24, 2.45) is 13.0 Å². The van der Waals surface area contributed by atoms with Crippen molar-refractivity contribution in [1.82, 2.24) is 48.6 Å². The van der Waals surface area contributed by atoms with E-state index in [0.29, 0.717) is 41.3 Å². The summed E-state index contributed by atoms with van der Waals surface area (Å²) in [6.07, 6.45) is 6.89. The summed E-state index contributed by atoms with van der Waals surface area (Å²) in [5.74, 6) is 6.45. The topological polar surface area (TPSA) is 169 Å². The molecular formula is C44H50F2N12O5. The van der Waals surface area contributed by atoms with Crippen LogP contribution in [0.5, 0.6) is 0 Å². The SMILES string of the molecule is C[C@@H]1CN(CC2CCC(n3cc(NC(=O)c4cnn5ccc(N6C[C@H]7C[C@@H]6CO7)nc45)c(C(F)F)n3)CC2)CCN1CC#Cc1cccc2c1n(C)c(=O)n2C1CCC(=O)NC1=O. The standard InChI is InChI=1S/C44H50F2N12O5/c1-26-21-53(17-18-54(26)15-4-6-28-5-3-7-34-39(28)52(2)44(62)58(34)35-12-13-37(59)50-43(35)61)22-27-8-10-29(11-9-27)57-24-33(38(51-57)40(45)46)48-42(60)32-20-47-56-16-14-36(49-41(32)56)55-23-31-19-30(55)25-63-31/h3,5,7,14,16,20,24,26-27,29-31,35,40H,8-13,15,17-19,21-23,25H2,1-2H3,(H,48,60)(H,50,59,61)/t26-,27?,29?,30-,31-,35?/m1/s1. The van der Waals surface area contributed by atoms with E-state index in [1.54, 1.807) is 24.1 Å². The Balaban J connectivity index is 0.730. The lowest BCUT2D eigenvalue weighted by atomic mass is 9.85. The number of hydrogen-bond donors (Lipinski definition) is 2. The summed E-state index contributed by atoms with van der Waals surface area (Å²) in [6.45, 7) is 7.78. The molecule has 0 radical (unpaired) electrons. The van der Waals surface area contributed by atoms with Gasteiger partial charge in [-0.05, 0) is 69.6 Å². The number of piperazine rings is 1.